The summed E-state index contributed by atoms with van der Waals surface area (Å²) >= 11 is 5.08. The van der Waals surface area contributed by atoms with Crippen LogP contribution in [0.4, 0.5) is 0 Å². The van der Waals surface area contributed by atoms with E-state index in [4.69, 9.17) is 17.0 Å². The van der Waals surface area contributed by atoms with E-state index < -0.39 is 0 Å². The van der Waals surface area contributed by atoms with Crippen LogP contribution in [0.1, 0.15) is 39.0 Å². The number of hydrogen-bond donors (Lipinski definition) is 1. The molecule has 74 valence electrons. The highest BCUT2D eigenvalue weighted by molar-refractivity contribution is 7.80. The van der Waals surface area contributed by atoms with Gasteiger partial charge >= 0.3 is 0 Å². The first-order valence-electron chi connectivity index (χ1n) is 5.28. The van der Waals surface area contributed by atoms with Gasteiger partial charge in [0.25, 0.3) is 5.17 Å². The monoisotopic (exact) mass is 199 g/mol. The Morgan fingerprint density at radius 2 is 2.23 bits per heavy atom. The van der Waals surface area contributed by atoms with E-state index >= 15 is 0 Å². The number of fused-ring (bicyclic) bond motifs is 1. The van der Waals surface area contributed by atoms with Crippen LogP contribution in [-0.4, -0.2) is 17.3 Å². The van der Waals surface area contributed by atoms with E-state index in [0.717, 1.165) is 6.42 Å². The topological polar surface area (TPSA) is 21.3 Å². The Hall–Kier alpha value is -0.310. The maximum Gasteiger partial charge on any atom is 0.257 e. The third-order valence-corrected chi connectivity index (χ3v) is 3.49. The highest BCUT2D eigenvalue weighted by Gasteiger charge is 2.36. The van der Waals surface area contributed by atoms with Crippen LogP contribution < -0.4 is 5.32 Å². The molecule has 2 fully saturated rings. The molecule has 13 heavy (non-hydrogen) atoms. The van der Waals surface area contributed by atoms with Gasteiger partial charge in [-0.1, -0.05) is 13.3 Å². The summed E-state index contributed by atoms with van der Waals surface area (Å²) in [5.41, 5.74) is 0. The van der Waals surface area contributed by atoms with Gasteiger partial charge in [-0.05, 0) is 37.9 Å². The van der Waals surface area contributed by atoms with Crippen molar-refractivity contribution < 1.29 is 4.74 Å². The first-order chi connectivity index (χ1) is 6.31. The van der Waals surface area contributed by atoms with Gasteiger partial charge < -0.3 is 10.1 Å². The number of nitrogens with one attached hydrogen (secondary N) is 1. The molecule has 1 aliphatic carbocycles. The zero-order valence-corrected chi connectivity index (χ0v) is 8.90. The molecular weight excluding hydrogens is 182 g/mol. The Morgan fingerprint density at radius 3 is 3.00 bits per heavy atom. The lowest BCUT2D eigenvalue weighted by Crippen LogP contribution is -2.53. The van der Waals surface area contributed by atoms with Gasteiger partial charge in [-0.3, -0.25) is 0 Å². The lowest BCUT2D eigenvalue weighted by Gasteiger charge is -2.42. The molecule has 1 aliphatic heterocycles. The van der Waals surface area contributed by atoms with E-state index in [9.17, 15) is 0 Å². The van der Waals surface area contributed by atoms with Crippen molar-refractivity contribution in [3.05, 3.63) is 0 Å². The molecule has 1 N–H and O–H groups in total. The number of hydrogen-bond acceptors (Lipinski definition) is 2. The van der Waals surface area contributed by atoms with Crippen molar-refractivity contribution in [3.8, 4) is 0 Å². The Kier molecular flexibility index (Phi) is 2.72. The van der Waals surface area contributed by atoms with E-state index in [0.29, 0.717) is 23.2 Å². The smallest absolute Gasteiger partial charge is 0.257 e. The zero-order valence-electron chi connectivity index (χ0n) is 8.08. The van der Waals surface area contributed by atoms with Crippen LogP contribution in [0.2, 0.25) is 0 Å². The largest absolute Gasteiger partial charge is 0.467 e. The molecule has 0 spiro atoms. The van der Waals surface area contributed by atoms with Crippen LogP contribution in [0.5, 0.6) is 0 Å². The highest BCUT2D eigenvalue weighted by Crippen LogP contribution is 2.33. The molecule has 0 radical (unpaired) electrons. The van der Waals surface area contributed by atoms with Crippen molar-refractivity contribution in [2.24, 2.45) is 5.92 Å². The fraction of sp³-hybridized carbons (Fsp3) is 0.900. The van der Waals surface area contributed by atoms with Gasteiger partial charge in [0.1, 0.15) is 6.10 Å². The Balaban J connectivity index is 2.07. The fourth-order valence-corrected chi connectivity index (χ4v) is 2.84. The second-order valence-electron chi connectivity index (χ2n) is 4.05. The summed E-state index contributed by atoms with van der Waals surface area (Å²) in [6.07, 6.45) is 6.73. The molecule has 1 heterocycles. The second kappa shape index (κ2) is 3.82. The molecule has 2 nitrogen and oxygen atoms in total. The van der Waals surface area contributed by atoms with Gasteiger partial charge in [0.05, 0.1) is 0 Å². The third-order valence-electron chi connectivity index (χ3n) is 3.27. The van der Waals surface area contributed by atoms with Gasteiger partial charge in [0.2, 0.25) is 0 Å². The number of ether oxygens (including phenoxy) is 1. The summed E-state index contributed by atoms with van der Waals surface area (Å²) in [5, 5.41) is 3.89. The summed E-state index contributed by atoms with van der Waals surface area (Å²) in [6.45, 7) is 2.22. The molecule has 3 unspecified atom stereocenters. The van der Waals surface area contributed by atoms with Gasteiger partial charge in [-0.25, -0.2) is 0 Å². The third kappa shape index (κ3) is 1.80. The van der Waals surface area contributed by atoms with Crippen LogP contribution in [0.3, 0.4) is 0 Å². The van der Waals surface area contributed by atoms with E-state index in [1.807, 2.05) is 0 Å². The SMILES string of the molecule is CCC1NC(=S)OC2CCCCC12. The van der Waals surface area contributed by atoms with Crippen LogP contribution in [0.25, 0.3) is 0 Å². The molecule has 2 rings (SSSR count). The fourth-order valence-electron chi connectivity index (χ4n) is 2.57. The molecule has 0 aromatic rings. The molecule has 3 heteroatoms. The van der Waals surface area contributed by atoms with Gasteiger partial charge in [0.15, 0.2) is 0 Å². The second-order valence-corrected chi connectivity index (χ2v) is 4.42. The Bertz CT molecular complexity index is 197. The van der Waals surface area contributed by atoms with Crippen molar-refractivity contribution >= 4 is 17.4 Å². The maximum absolute atomic E-state index is 5.64. The summed E-state index contributed by atoms with van der Waals surface area (Å²) in [5.74, 6) is 0.699. The van der Waals surface area contributed by atoms with Gasteiger partial charge in [-0.2, -0.15) is 0 Å². The lowest BCUT2D eigenvalue weighted by atomic mass is 9.80. The molecule has 0 aromatic heterocycles. The molecule has 3 atom stereocenters. The van der Waals surface area contributed by atoms with Crippen molar-refractivity contribution in [1.82, 2.24) is 5.32 Å². The Labute approximate surface area is 85.0 Å². The average molecular weight is 199 g/mol. The van der Waals surface area contributed by atoms with E-state index in [1.165, 1.54) is 25.7 Å². The minimum absolute atomic E-state index is 0.410. The van der Waals surface area contributed by atoms with Crippen molar-refractivity contribution in [2.75, 3.05) is 0 Å². The molecule has 0 aromatic carbocycles. The maximum atomic E-state index is 5.64. The van der Waals surface area contributed by atoms with Crippen LogP contribution >= 0.6 is 12.2 Å². The van der Waals surface area contributed by atoms with Crippen molar-refractivity contribution in [2.45, 2.75) is 51.2 Å². The summed E-state index contributed by atoms with van der Waals surface area (Å²) in [4.78, 5) is 0. The average Bonchev–Trinajstić information content (AvgIpc) is 2.16. The minimum atomic E-state index is 0.410. The standard InChI is InChI=1S/C10H17NOS/c1-2-8-7-5-3-4-6-9(7)12-10(13)11-8/h7-9H,2-6H2,1H3,(H,11,13). The molecule has 0 bridgehead atoms. The van der Waals surface area contributed by atoms with Crippen molar-refractivity contribution in [3.63, 3.8) is 0 Å². The van der Waals surface area contributed by atoms with Crippen LogP contribution in [0.15, 0.2) is 0 Å². The summed E-state index contributed by atoms with van der Waals surface area (Å²) < 4.78 is 5.64. The number of thiocarbonyl (C=S) groups is 1. The van der Waals surface area contributed by atoms with Crippen molar-refractivity contribution in [1.29, 1.82) is 0 Å². The van der Waals surface area contributed by atoms with Gasteiger partial charge in [0, 0.05) is 12.0 Å². The lowest BCUT2D eigenvalue weighted by molar-refractivity contribution is 0.0330. The molecule has 0 amide bonds. The molecule has 1 saturated carbocycles. The summed E-state index contributed by atoms with van der Waals surface area (Å²) in [7, 11) is 0. The van der Waals surface area contributed by atoms with Crippen LogP contribution in [0, 0.1) is 5.92 Å². The summed E-state index contributed by atoms with van der Waals surface area (Å²) in [6, 6.07) is 0.562. The quantitative estimate of drug-likeness (QED) is 0.654. The molecule has 2 aliphatic rings. The van der Waals surface area contributed by atoms with E-state index in [-0.39, 0.29) is 0 Å². The predicted octanol–water partition coefficient (Wildman–Crippen LogP) is 2.23. The van der Waals surface area contributed by atoms with Crippen LogP contribution in [-0.2, 0) is 4.74 Å². The molecule has 1 saturated heterocycles. The van der Waals surface area contributed by atoms with E-state index in [1.54, 1.807) is 0 Å². The minimum Gasteiger partial charge on any atom is -0.467 e. The van der Waals surface area contributed by atoms with E-state index in [2.05, 4.69) is 12.2 Å². The highest BCUT2D eigenvalue weighted by atomic mass is 32.1. The Morgan fingerprint density at radius 1 is 1.46 bits per heavy atom. The first kappa shape index (κ1) is 9.25. The zero-order chi connectivity index (χ0) is 9.26. The van der Waals surface area contributed by atoms with Gasteiger partial charge in [-0.15, -0.1) is 0 Å². The predicted molar refractivity (Wildman–Crippen MR) is 56.6 cm³/mol. The number of rotatable bonds is 1. The molecular formula is C10H17NOS. The first-order valence-corrected chi connectivity index (χ1v) is 5.69. The normalized spacial score (nSPS) is 38.8.